The summed E-state index contributed by atoms with van der Waals surface area (Å²) in [6.07, 6.45) is 1.34. The number of carbonyl (C=O) groups excluding carboxylic acids is 2. The molecule has 3 rings (SSSR count). The molecule has 5 nitrogen and oxygen atoms in total. The van der Waals surface area contributed by atoms with E-state index in [2.05, 4.69) is 10.6 Å². The summed E-state index contributed by atoms with van der Waals surface area (Å²) in [6.45, 7) is 1.89. The highest BCUT2D eigenvalue weighted by Gasteiger charge is 2.51. The third-order valence-corrected chi connectivity index (χ3v) is 3.89. The Kier molecular flexibility index (Phi) is 2.98. The van der Waals surface area contributed by atoms with Gasteiger partial charge in [-0.1, -0.05) is 30.3 Å². The van der Waals surface area contributed by atoms with Crippen molar-refractivity contribution in [1.82, 2.24) is 15.5 Å². The lowest BCUT2D eigenvalue weighted by atomic mass is 9.88. The van der Waals surface area contributed by atoms with Crippen LogP contribution in [0.2, 0.25) is 0 Å². The quantitative estimate of drug-likeness (QED) is 0.774. The van der Waals surface area contributed by atoms with Crippen LogP contribution < -0.4 is 10.6 Å². The van der Waals surface area contributed by atoms with Gasteiger partial charge in [0.2, 0.25) is 0 Å². The molecule has 0 atom stereocenters. The Labute approximate surface area is 112 Å². The SMILES string of the molecule is O=C1NC2(CCNCC2)C(=O)N1Cc1ccccc1. The molecule has 2 heterocycles. The zero-order valence-corrected chi connectivity index (χ0v) is 10.7. The van der Waals surface area contributed by atoms with Crippen molar-refractivity contribution < 1.29 is 9.59 Å². The Balaban J connectivity index is 1.79. The van der Waals surface area contributed by atoms with E-state index in [0.29, 0.717) is 19.4 Å². The van der Waals surface area contributed by atoms with Gasteiger partial charge in [-0.05, 0) is 31.5 Å². The Morgan fingerprint density at radius 2 is 1.79 bits per heavy atom. The van der Waals surface area contributed by atoms with Crippen molar-refractivity contribution in [2.24, 2.45) is 0 Å². The van der Waals surface area contributed by atoms with Gasteiger partial charge in [0, 0.05) is 0 Å². The molecule has 0 aromatic heterocycles. The molecule has 2 aliphatic heterocycles. The van der Waals surface area contributed by atoms with Crippen molar-refractivity contribution in [3.8, 4) is 0 Å². The van der Waals surface area contributed by atoms with Crippen LogP contribution in [0.5, 0.6) is 0 Å². The molecule has 0 radical (unpaired) electrons. The largest absolute Gasteiger partial charge is 0.325 e. The van der Waals surface area contributed by atoms with Crippen LogP contribution in [-0.4, -0.2) is 35.5 Å². The van der Waals surface area contributed by atoms with E-state index in [1.165, 1.54) is 4.90 Å². The molecule has 19 heavy (non-hydrogen) atoms. The summed E-state index contributed by atoms with van der Waals surface area (Å²) >= 11 is 0. The van der Waals surface area contributed by atoms with E-state index in [4.69, 9.17) is 0 Å². The number of hydrogen-bond acceptors (Lipinski definition) is 3. The zero-order valence-electron chi connectivity index (χ0n) is 10.7. The van der Waals surface area contributed by atoms with E-state index >= 15 is 0 Å². The van der Waals surface area contributed by atoms with Gasteiger partial charge in [-0.3, -0.25) is 9.69 Å². The smallest absolute Gasteiger partial charge is 0.323 e. The number of nitrogens with zero attached hydrogens (tertiary/aromatic N) is 1. The lowest BCUT2D eigenvalue weighted by Gasteiger charge is -2.31. The first-order valence-electron chi connectivity index (χ1n) is 6.60. The van der Waals surface area contributed by atoms with Crippen molar-refractivity contribution in [2.75, 3.05) is 13.1 Å². The summed E-state index contributed by atoms with van der Waals surface area (Å²) in [5, 5.41) is 6.10. The Bertz CT molecular complexity index is 495. The zero-order chi connectivity index (χ0) is 13.3. The van der Waals surface area contributed by atoms with Crippen LogP contribution in [0.3, 0.4) is 0 Å². The maximum atomic E-state index is 12.5. The van der Waals surface area contributed by atoms with Gasteiger partial charge in [-0.15, -0.1) is 0 Å². The lowest BCUT2D eigenvalue weighted by molar-refractivity contribution is -0.132. The highest BCUT2D eigenvalue weighted by atomic mass is 16.2. The van der Waals surface area contributed by atoms with Crippen LogP contribution in [0.25, 0.3) is 0 Å². The monoisotopic (exact) mass is 259 g/mol. The first-order chi connectivity index (χ1) is 9.21. The molecule has 1 spiro atoms. The molecule has 1 aromatic carbocycles. The first kappa shape index (κ1) is 12.2. The average Bonchev–Trinajstić information content (AvgIpc) is 2.66. The average molecular weight is 259 g/mol. The van der Waals surface area contributed by atoms with Gasteiger partial charge in [0.1, 0.15) is 5.54 Å². The van der Waals surface area contributed by atoms with Gasteiger partial charge in [-0.25, -0.2) is 4.79 Å². The fourth-order valence-electron chi connectivity index (χ4n) is 2.78. The van der Waals surface area contributed by atoms with E-state index in [9.17, 15) is 9.59 Å². The fraction of sp³-hybridized carbons (Fsp3) is 0.429. The molecule has 0 saturated carbocycles. The van der Waals surface area contributed by atoms with Crippen molar-refractivity contribution in [3.05, 3.63) is 35.9 Å². The van der Waals surface area contributed by atoms with Crippen LogP contribution in [-0.2, 0) is 11.3 Å². The molecule has 2 aliphatic rings. The maximum absolute atomic E-state index is 12.5. The topological polar surface area (TPSA) is 61.4 Å². The van der Waals surface area contributed by atoms with Gasteiger partial charge >= 0.3 is 6.03 Å². The molecule has 2 N–H and O–H groups in total. The number of urea groups is 1. The highest BCUT2D eigenvalue weighted by Crippen LogP contribution is 2.27. The number of amides is 3. The molecule has 2 fully saturated rings. The van der Waals surface area contributed by atoms with Crippen LogP contribution >= 0.6 is 0 Å². The third-order valence-electron chi connectivity index (χ3n) is 3.89. The van der Waals surface area contributed by atoms with E-state index < -0.39 is 5.54 Å². The van der Waals surface area contributed by atoms with Crippen LogP contribution in [0.15, 0.2) is 30.3 Å². The molecule has 0 bridgehead atoms. The van der Waals surface area contributed by atoms with Crippen molar-refractivity contribution in [3.63, 3.8) is 0 Å². The number of carbonyl (C=O) groups is 2. The lowest BCUT2D eigenvalue weighted by Crippen LogP contribution is -2.53. The summed E-state index contributed by atoms with van der Waals surface area (Å²) in [5.41, 5.74) is 0.300. The summed E-state index contributed by atoms with van der Waals surface area (Å²) in [6, 6.07) is 9.32. The van der Waals surface area contributed by atoms with E-state index in [1.54, 1.807) is 0 Å². The number of nitrogens with one attached hydrogen (secondary N) is 2. The predicted octanol–water partition coefficient (Wildman–Crippen LogP) is 0.861. The number of piperidine rings is 1. The van der Waals surface area contributed by atoms with Gasteiger partial charge in [0.25, 0.3) is 5.91 Å². The molecule has 5 heteroatoms. The van der Waals surface area contributed by atoms with Crippen molar-refractivity contribution in [2.45, 2.75) is 24.9 Å². The van der Waals surface area contributed by atoms with E-state index in [1.807, 2.05) is 30.3 Å². The Hall–Kier alpha value is -1.88. The van der Waals surface area contributed by atoms with Gasteiger partial charge < -0.3 is 10.6 Å². The molecular weight excluding hydrogens is 242 g/mol. The second-order valence-corrected chi connectivity index (χ2v) is 5.14. The maximum Gasteiger partial charge on any atom is 0.325 e. The molecule has 1 aromatic rings. The van der Waals surface area contributed by atoms with Crippen LogP contribution in [0, 0.1) is 0 Å². The number of rotatable bonds is 2. The first-order valence-corrected chi connectivity index (χ1v) is 6.60. The summed E-state index contributed by atoms with van der Waals surface area (Å²) in [7, 11) is 0. The predicted molar refractivity (Wildman–Crippen MR) is 70.4 cm³/mol. The molecule has 100 valence electrons. The molecule has 0 aliphatic carbocycles. The second-order valence-electron chi connectivity index (χ2n) is 5.14. The minimum atomic E-state index is -0.670. The van der Waals surface area contributed by atoms with Gasteiger partial charge in [-0.2, -0.15) is 0 Å². The van der Waals surface area contributed by atoms with Crippen molar-refractivity contribution in [1.29, 1.82) is 0 Å². The number of hydrogen-bond donors (Lipinski definition) is 2. The summed E-state index contributed by atoms with van der Waals surface area (Å²) in [5.74, 6) is -0.0807. The van der Waals surface area contributed by atoms with Gasteiger partial charge in [0.15, 0.2) is 0 Å². The minimum Gasteiger partial charge on any atom is -0.323 e. The second kappa shape index (κ2) is 4.66. The summed E-state index contributed by atoms with van der Waals surface area (Å²) < 4.78 is 0. The normalized spacial score (nSPS) is 21.8. The van der Waals surface area contributed by atoms with E-state index in [-0.39, 0.29) is 11.9 Å². The van der Waals surface area contributed by atoms with Crippen LogP contribution in [0.4, 0.5) is 4.79 Å². The highest BCUT2D eigenvalue weighted by molar-refractivity contribution is 6.07. The number of benzene rings is 1. The molecule has 0 unspecified atom stereocenters. The number of imide groups is 1. The molecule has 3 amide bonds. The summed E-state index contributed by atoms with van der Waals surface area (Å²) in [4.78, 5) is 25.9. The standard InChI is InChI=1S/C14H17N3O2/c18-12-14(6-8-15-9-7-14)16-13(19)17(12)10-11-4-2-1-3-5-11/h1-5,15H,6-10H2,(H,16,19). The minimum absolute atomic E-state index is 0.0807. The van der Waals surface area contributed by atoms with Crippen LogP contribution in [0.1, 0.15) is 18.4 Å². The third kappa shape index (κ3) is 2.10. The fourth-order valence-corrected chi connectivity index (χ4v) is 2.78. The van der Waals surface area contributed by atoms with E-state index in [0.717, 1.165) is 18.7 Å². The van der Waals surface area contributed by atoms with Crippen molar-refractivity contribution >= 4 is 11.9 Å². The molecule has 2 saturated heterocycles. The molecular formula is C14H17N3O2. The Morgan fingerprint density at radius 1 is 1.11 bits per heavy atom. The van der Waals surface area contributed by atoms with Gasteiger partial charge in [0.05, 0.1) is 6.54 Å². The Morgan fingerprint density at radius 3 is 2.47 bits per heavy atom.